The number of hydrogen-bond acceptors (Lipinski definition) is 5. The summed E-state index contributed by atoms with van der Waals surface area (Å²) in [5, 5.41) is 3.12. The second kappa shape index (κ2) is 7.17. The highest BCUT2D eigenvalue weighted by Crippen LogP contribution is 2.36. The van der Waals surface area contributed by atoms with Gasteiger partial charge in [0.1, 0.15) is 5.57 Å². The minimum atomic E-state index is -0.819. The van der Waals surface area contributed by atoms with Crippen LogP contribution in [-0.4, -0.2) is 29.2 Å². The number of hydrogen-bond donors (Lipinski definition) is 1. The molecule has 154 valence electrons. The molecule has 3 heterocycles. The van der Waals surface area contributed by atoms with Crippen molar-refractivity contribution in [1.29, 1.82) is 0 Å². The van der Waals surface area contributed by atoms with Crippen molar-refractivity contribution in [2.45, 2.75) is 6.54 Å². The number of imide groups is 2. The van der Waals surface area contributed by atoms with E-state index in [0.717, 1.165) is 15.8 Å². The second-order valence-electron chi connectivity index (χ2n) is 7.04. The van der Waals surface area contributed by atoms with Crippen molar-refractivity contribution < 1.29 is 23.9 Å². The number of amides is 4. The van der Waals surface area contributed by atoms with Gasteiger partial charge in [-0.3, -0.25) is 14.9 Å². The van der Waals surface area contributed by atoms with Crippen molar-refractivity contribution in [2.24, 2.45) is 0 Å². The Kier molecular flexibility index (Phi) is 4.32. The molecule has 2 aliphatic rings. The van der Waals surface area contributed by atoms with Crippen LogP contribution < -0.4 is 19.7 Å². The van der Waals surface area contributed by atoms with Gasteiger partial charge in [0.2, 0.25) is 6.79 Å². The molecule has 1 N–H and O–H groups in total. The summed E-state index contributed by atoms with van der Waals surface area (Å²) >= 11 is 0. The van der Waals surface area contributed by atoms with E-state index in [9.17, 15) is 14.4 Å². The fourth-order valence-electron chi connectivity index (χ4n) is 3.75. The first-order valence-corrected chi connectivity index (χ1v) is 9.56. The summed E-state index contributed by atoms with van der Waals surface area (Å²) in [6.07, 6.45) is 5.12. The summed E-state index contributed by atoms with van der Waals surface area (Å²) in [4.78, 5) is 39.1. The van der Waals surface area contributed by atoms with E-state index in [2.05, 4.69) is 11.9 Å². The largest absolute Gasteiger partial charge is 0.454 e. The average Bonchev–Trinajstić information content (AvgIpc) is 3.36. The Bertz CT molecular complexity index is 1300. The highest BCUT2D eigenvalue weighted by Gasteiger charge is 2.37. The number of barbiturate groups is 1. The normalized spacial score (nSPS) is 16.8. The molecule has 2 aromatic carbocycles. The summed E-state index contributed by atoms with van der Waals surface area (Å²) in [7, 11) is 0. The number of urea groups is 1. The number of fused-ring (bicyclic) bond motifs is 2. The summed E-state index contributed by atoms with van der Waals surface area (Å²) in [6, 6.07) is 11.5. The van der Waals surface area contributed by atoms with Gasteiger partial charge in [-0.1, -0.05) is 24.3 Å². The van der Waals surface area contributed by atoms with Crippen molar-refractivity contribution >= 4 is 40.5 Å². The second-order valence-corrected chi connectivity index (χ2v) is 7.04. The molecule has 0 bridgehead atoms. The smallest absolute Gasteiger partial charge is 0.335 e. The van der Waals surface area contributed by atoms with Crippen LogP contribution in [-0.2, 0) is 16.1 Å². The van der Waals surface area contributed by atoms with Gasteiger partial charge in [-0.2, -0.15) is 0 Å². The molecule has 2 aliphatic heterocycles. The molecule has 0 unspecified atom stereocenters. The SMILES string of the molecule is C=CCn1cc(C=C2C(=O)NC(=O)N(c3ccc4c(c3)OCO4)C2=O)c2ccccc21. The van der Waals surface area contributed by atoms with Crippen molar-refractivity contribution in [1.82, 2.24) is 9.88 Å². The van der Waals surface area contributed by atoms with Gasteiger partial charge < -0.3 is 14.0 Å². The van der Waals surface area contributed by atoms with Crippen LogP contribution in [0.4, 0.5) is 10.5 Å². The minimum absolute atomic E-state index is 0.0668. The maximum absolute atomic E-state index is 13.2. The topological polar surface area (TPSA) is 89.9 Å². The molecule has 1 fully saturated rings. The van der Waals surface area contributed by atoms with Crippen LogP contribution in [0.25, 0.3) is 17.0 Å². The fourth-order valence-corrected chi connectivity index (χ4v) is 3.75. The van der Waals surface area contributed by atoms with E-state index in [4.69, 9.17) is 9.47 Å². The maximum atomic E-state index is 13.2. The molecule has 0 atom stereocenters. The van der Waals surface area contributed by atoms with Gasteiger partial charge in [0.25, 0.3) is 11.8 Å². The maximum Gasteiger partial charge on any atom is 0.335 e. The standard InChI is InChI=1S/C23H17N3O5/c1-2-9-25-12-14(16-5-3-4-6-18(16)25)10-17-21(27)24-23(29)26(22(17)28)15-7-8-19-20(11-15)31-13-30-19/h2-8,10-12H,1,9,13H2,(H,24,27,29). The summed E-state index contributed by atoms with van der Waals surface area (Å²) in [6.45, 7) is 4.41. The molecule has 5 rings (SSSR count). The van der Waals surface area contributed by atoms with Gasteiger partial charge in [-0.15, -0.1) is 6.58 Å². The van der Waals surface area contributed by atoms with Crippen LogP contribution in [0.3, 0.4) is 0 Å². The Morgan fingerprint density at radius 2 is 1.87 bits per heavy atom. The number of nitrogens with zero attached hydrogens (tertiary/aromatic N) is 2. The molecule has 1 aromatic heterocycles. The Morgan fingerprint density at radius 1 is 1.06 bits per heavy atom. The highest BCUT2D eigenvalue weighted by atomic mass is 16.7. The number of benzene rings is 2. The summed E-state index contributed by atoms with van der Waals surface area (Å²) in [5.74, 6) is -0.510. The van der Waals surface area contributed by atoms with Gasteiger partial charge in [-0.25, -0.2) is 9.69 Å². The van der Waals surface area contributed by atoms with Crippen molar-refractivity contribution in [3.8, 4) is 11.5 Å². The van der Waals surface area contributed by atoms with Crippen molar-refractivity contribution in [3.05, 3.63) is 72.5 Å². The van der Waals surface area contributed by atoms with Gasteiger partial charge in [-0.05, 0) is 24.3 Å². The fraction of sp³-hybridized carbons (Fsp3) is 0.0870. The zero-order valence-electron chi connectivity index (χ0n) is 16.3. The third-order valence-electron chi connectivity index (χ3n) is 5.16. The molecule has 31 heavy (non-hydrogen) atoms. The quantitative estimate of drug-likeness (QED) is 0.402. The number of para-hydroxylation sites is 1. The number of aromatic nitrogens is 1. The van der Waals surface area contributed by atoms with E-state index in [-0.39, 0.29) is 18.1 Å². The molecule has 0 aliphatic carbocycles. The predicted octanol–water partition coefficient (Wildman–Crippen LogP) is 3.22. The molecule has 0 saturated carbocycles. The Hall–Kier alpha value is -4.33. The molecule has 8 heteroatoms. The number of carbonyl (C=O) groups excluding carboxylic acids is 3. The third kappa shape index (κ3) is 3.05. The van der Waals surface area contributed by atoms with Crippen LogP contribution in [0.1, 0.15) is 5.56 Å². The molecule has 1 saturated heterocycles. The molecule has 4 amide bonds. The number of rotatable bonds is 4. The lowest BCUT2D eigenvalue weighted by atomic mass is 10.1. The first kappa shape index (κ1) is 18.7. The highest BCUT2D eigenvalue weighted by molar-refractivity contribution is 6.39. The Labute approximate surface area is 177 Å². The third-order valence-corrected chi connectivity index (χ3v) is 5.16. The zero-order chi connectivity index (χ0) is 21.5. The number of anilines is 1. The van der Waals surface area contributed by atoms with Crippen LogP contribution in [0, 0.1) is 0 Å². The molecule has 0 radical (unpaired) electrons. The number of allylic oxidation sites excluding steroid dienone is 1. The van der Waals surface area contributed by atoms with Gasteiger partial charge in [0, 0.05) is 35.3 Å². The van der Waals surface area contributed by atoms with E-state index >= 15 is 0 Å². The predicted molar refractivity (Wildman–Crippen MR) is 114 cm³/mol. The number of carbonyl (C=O) groups is 3. The van der Waals surface area contributed by atoms with Gasteiger partial charge in [0.15, 0.2) is 11.5 Å². The molecule has 0 spiro atoms. The van der Waals surface area contributed by atoms with E-state index < -0.39 is 17.8 Å². The molecule has 8 nitrogen and oxygen atoms in total. The van der Waals surface area contributed by atoms with E-state index in [1.54, 1.807) is 18.2 Å². The Morgan fingerprint density at radius 3 is 2.71 bits per heavy atom. The number of nitrogens with one attached hydrogen (secondary N) is 1. The van der Waals surface area contributed by atoms with E-state index in [0.29, 0.717) is 23.6 Å². The summed E-state index contributed by atoms with van der Waals surface area (Å²) in [5.41, 5.74) is 1.77. The first-order chi connectivity index (χ1) is 15.1. The monoisotopic (exact) mass is 415 g/mol. The minimum Gasteiger partial charge on any atom is -0.454 e. The number of ether oxygens (including phenoxy) is 2. The lowest BCUT2D eigenvalue weighted by Crippen LogP contribution is -2.54. The van der Waals surface area contributed by atoms with Gasteiger partial charge >= 0.3 is 6.03 Å². The van der Waals surface area contributed by atoms with Crippen LogP contribution >= 0.6 is 0 Å². The molecular formula is C23H17N3O5. The molecular weight excluding hydrogens is 398 g/mol. The lowest BCUT2D eigenvalue weighted by molar-refractivity contribution is -0.122. The lowest BCUT2D eigenvalue weighted by Gasteiger charge is -2.26. The van der Waals surface area contributed by atoms with Crippen LogP contribution in [0.15, 0.2) is 66.9 Å². The Balaban J connectivity index is 1.58. The average molecular weight is 415 g/mol. The van der Waals surface area contributed by atoms with E-state index in [1.807, 2.05) is 35.0 Å². The van der Waals surface area contributed by atoms with Crippen LogP contribution in [0.5, 0.6) is 11.5 Å². The van der Waals surface area contributed by atoms with Crippen molar-refractivity contribution in [2.75, 3.05) is 11.7 Å². The molecule has 3 aromatic rings. The first-order valence-electron chi connectivity index (χ1n) is 9.56. The zero-order valence-corrected chi connectivity index (χ0v) is 16.3. The van der Waals surface area contributed by atoms with Crippen molar-refractivity contribution in [3.63, 3.8) is 0 Å². The van der Waals surface area contributed by atoms with Crippen LogP contribution in [0.2, 0.25) is 0 Å². The van der Waals surface area contributed by atoms with Gasteiger partial charge in [0.05, 0.1) is 5.69 Å². The van der Waals surface area contributed by atoms with E-state index in [1.165, 1.54) is 12.1 Å². The summed E-state index contributed by atoms with van der Waals surface area (Å²) < 4.78 is 12.6.